The number of nitrogens with zero attached hydrogens (tertiary/aromatic N) is 1. The monoisotopic (exact) mass is 350 g/mol. The molecular formula is C16H16ClFN4O2. The van der Waals surface area contributed by atoms with Gasteiger partial charge >= 0.3 is 0 Å². The molecule has 126 valence electrons. The Bertz CT molecular complexity index is 818. The van der Waals surface area contributed by atoms with E-state index in [0.717, 1.165) is 18.2 Å². The molecule has 3 rings (SSSR count). The van der Waals surface area contributed by atoms with Gasteiger partial charge in [0.05, 0.1) is 23.2 Å². The van der Waals surface area contributed by atoms with Crippen molar-refractivity contribution in [3.8, 4) is 0 Å². The third kappa shape index (κ3) is 3.63. The smallest absolute Gasteiger partial charge is 0.261 e. The average Bonchev–Trinajstić information content (AvgIpc) is 3.04. The lowest BCUT2D eigenvalue weighted by atomic mass is 10.1. The third-order valence-corrected chi connectivity index (χ3v) is 4.06. The summed E-state index contributed by atoms with van der Waals surface area (Å²) in [5, 5.41) is 10.6. The average molecular weight is 351 g/mol. The second-order valence-electron chi connectivity index (χ2n) is 5.55. The maximum atomic E-state index is 13.2. The van der Waals surface area contributed by atoms with Crippen LogP contribution in [0.5, 0.6) is 0 Å². The van der Waals surface area contributed by atoms with E-state index in [4.69, 9.17) is 21.7 Å². The van der Waals surface area contributed by atoms with Gasteiger partial charge < -0.3 is 20.4 Å². The van der Waals surface area contributed by atoms with Crippen molar-refractivity contribution in [3.05, 3.63) is 56.3 Å². The second kappa shape index (κ2) is 7.11. The van der Waals surface area contributed by atoms with Crippen LogP contribution in [0.4, 0.5) is 10.2 Å². The maximum Gasteiger partial charge on any atom is 0.261 e. The zero-order valence-electron chi connectivity index (χ0n) is 12.7. The highest BCUT2D eigenvalue weighted by molar-refractivity contribution is 6.30. The van der Waals surface area contributed by atoms with Gasteiger partial charge in [0.1, 0.15) is 17.5 Å². The molecule has 1 unspecified atom stereocenters. The molecule has 0 saturated carbocycles. The standard InChI is InChI=1S/C16H16ClFN4O2/c17-12-5-9(1-2-13(12)18)6-14-21-15(11(7-19)16(23)22-14)20-10-3-4-24-8-10/h1-2,5,7,10,19H,3-4,6,8H2,(H2,20,21,22,23). The Morgan fingerprint density at radius 1 is 1.54 bits per heavy atom. The fourth-order valence-corrected chi connectivity index (χ4v) is 2.74. The van der Waals surface area contributed by atoms with Crippen LogP contribution in [-0.2, 0) is 11.2 Å². The van der Waals surface area contributed by atoms with E-state index in [2.05, 4.69) is 15.3 Å². The van der Waals surface area contributed by atoms with Gasteiger partial charge in [-0.15, -0.1) is 0 Å². The fourth-order valence-electron chi connectivity index (χ4n) is 2.54. The molecule has 24 heavy (non-hydrogen) atoms. The Morgan fingerprint density at radius 2 is 2.38 bits per heavy atom. The quantitative estimate of drug-likeness (QED) is 0.722. The number of hydrogen-bond donors (Lipinski definition) is 3. The summed E-state index contributed by atoms with van der Waals surface area (Å²) in [6.45, 7) is 1.19. The second-order valence-corrected chi connectivity index (χ2v) is 5.96. The van der Waals surface area contributed by atoms with Gasteiger partial charge in [-0.25, -0.2) is 9.37 Å². The number of aromatic amines is 1. The number of aromatic nitrogens is 2. The molecule has 1 atom stereocenters. The summed E-state index contributed by atoms with van der Waals surface area (Å²) in [5.41, 5.74) is 0.495. The van der Waals surface area contributed by atoms with E-state index in [1.165, 1.54) is 12.1 Å². The van der Waals surface area contributed by atoms with Gasteiger partial charge in [0, 0.05) is 19.2 Å². The Hall–Kier alpha value is -2.25. The van der Waals surface area contributed by atoms with Crippen LogP contribution in [0, 0.1) is 11.2 Å². The molecule has 0 aliphatic carbocycles. The molecule has 0 radical (unpaired) electrons. The highest BCUT2D eigenvalue weighted by Crippen LogP contribution is 2.18. The molecule has 0 bridgehead atoms. The van der Waals surface area contributed by atoms with Crippen molar-refractivity contribution in [1.82, 2.24) is 9.97 Å². The number of ether oxygens (including phenoxy) is 1. The van der Waals surface area contributed by atoms with E-state index in [1.54, 1.807) is 6.07 Å². The van der Waals surface area contributed by atoms with Crippen LogP contribution in [0.3, 0.4) is 0 Å². The van der Waals surface area contributed by atoms with Crippen LogP contribution in [0.1, 0.15) is 23.4 Å². The van der Waals surface area contributed by atoms with E-state index in [1.807, 2.05) is 0 Å². The van der Waals surface area contributed by atoms with Crippen LogP contribution in [0.25, 0.3) is 0 Å². The molecule has 0 spiro atoms. The topological polar surface area (TPSA) is 90.9 Å². The lowest BCUT2D eigenvalue weighted by Gasteiger charge is -2.14. The number of H-pyrrole nitrogens is 1. The third-order valence-electron chi connectivity index (χ3n) is 3.77. The van der Waals surface area contributed by atoms with Crippen molar-refractivity contribution in [3.63, 3.8) is 0 Å². The zero-order chi connectivity index (χ0) is 17.1. The SMILES string of the molecule is N=Cc1c(NC2CCOC2)nc(Cc2ccc(F)c(Cl)c2)[nH]c1=O. The van der Waals surface area contributed by atoms with Crippen molar-refractivity contribution in [2.75, 3.05) is 18.5 Å². The van der Waals surface area contributed by atoms with Crippen LogP contribution in [-0.4, -0.2) is 35.4 Å². The van der Waals surface area contributed by atoms with Crippen LogP contribution >= 0.6 is 11.6 Å². The first kappa shape index (κ1) is 16.6. The minimum Gasteiger partial charge on any atom is -0.379 e. The van der Waals surface area contributed by atoms with E-state index >= 15 is 0 Å². The number of hydrogen-bond acceptors (Lipinski definition) is 5. The molecule has 1 aliphatic rings. The number of rotatable bonds is 5. The molecule has 1 aromatic heterocycles. The predicted octanol–water partition coefficient (Wildman–Crippen LogP) is 2.35. The van der Waals surface area contributed by atoms with Crippen LogP contribution in [0.15, 0.2) is 23.0 Å². The molecule has 1 saturated heterocycles. The van der Waals surface area contributed by atoms with Crippen molar-refractivity contribution >= 4 is 23.6 Å². The molecule has 6 nitrogen and oxygen atoms in total. The van der Waals surface area contributed by atoms with Gasteiger partial charge in [-0.05, 0) is 24.1 Å². The van der Waals surface area contributed by atoms with E-state index in [0.29, 0.717) is 31.3 Å². The van der Waals surface area contributed by atoms with Crippen LogP contribution < -0.4 is 10.9 Å². The van der Waals surface area contributed by atoms with Crippen LogP contribution in [0.2, 0.25) is 5.02 Å². The predicted molar refractivity (Wildman–Crippen MR) is 89.8 cm³/mol. The fraction of sp³-hybridized carbons (Fsp3) is 0.312. The Balaban J connectivity index is 1.90. The Morgan fingerprint density at radius 3 is 3.04 bits per heavy atom. The van der Waals surface area contributed by atoms with Gasteiger partial charge in [0.2, 0.25) is 0 Å². The molecule has 0 amide bonds. The summed E-state index contributed by atoms with van der Waals surface area (Å²) >= 11 is 5.78. The van der Waals surface area contributed by atoms with Gasteiger partial charge in [-0.1, -0.05) is 17.7 Å². The first-order valence-corrected chi connectivity index (χ1v) is 7.86. The molecule has 1 aromatic carbocycles. The first-order chi connectivity index (χ1) is 11.6. The van der Waals surface area contributed by atoms with Gasteiger partial charge in [-0.2, -0.15) is 0 Å². The van der Waals surface area contributed by atoms with E-state index < -0.39 is 11.4 Å². The number of halogens is 2. The lowest BCUT2D eigenvalue weighted by Crippen LogP contribution is -2.26. The minimum atomic E-state index is -0.496. The summed E-state index contributed by atoms with van der Waals surface area (Å²) in [7, 11) is 0. The number of nitrogens with one attached hydrogen (secondary N) is 3. The maximum absolute atomic E-state index is 13.2. The van der Waals surface area contributed by atoms with Gasteiger partial charge in [0.25, 0.3) is 5.56 Å². The van der Waals surface area contributed by atoms with Crippen molar-refractivity contribution < 1.29 is 9.13 Å². The van der Waals surface area contributed by atoms with Crippen molar-refractivity contribution in [1.29, 1.82) is 5.41 Å². The summed E-state index contributed by atoms with van der Waals surface area (Å²) in [4.78, 5) is 19.2. The molecule has 1 fully saturated rings. The van der Waals surface area contributed by atoms with Crippen molar-refractivity contribution in [2.45, 2.75) is 18.9 Å². The highest BCUT2D eigenvalue weighted by atomic mass is 35.5. The molecule has 8 heteroatoms. The molecule has 2 aromatic rings. The molecule has 2 heterocycles. The molecule has 3 N–H and O–H groups in total. The Kier molecular flexibility index (Phi) is 4.92. The lowest BCUT2D eigenvalue weighted by molar-refractivity contribution is 0.195. The summed E-state index contributed by atoms with van der Waals surface area (Å²) in [6, 6.07) is 4.42. The normalized spacial score (nSPS) is 17.0. The molecular weight excluding hydrogens is 335 g/mol. The van der Waals surface area contributed by atoms with Gasteiger partial charge in [0.15, 0.2) is 0 Å². The van der Waals surface area contributed by atoms with E-state index in [9.17, 15) is 9.18 Å². The minimum absolute atomic E-state index is 0.0208. The summed E-state index contributed by atoms with van der Waals surface area (Å²) < 4.78 is 18.5. The van der Waals surface area contributed by atoms with E-state index in [-0.39, 0.29) is 16.6 Å². The Labute approximate surface area is 142 Å². The molecule has 1 aliphatic heterocycles. The largest absolute Gasteiger partial charge is 0.379 e. The number of benzene rings is 1. The first-order valence-electron chi connectivity index (χ1n) is 7.48. The zero-order valence-corrected chi connectivity index (χ0v) is 13.5. The summed E-state index contributed by atoms with van der Waals surface area (Å²) in [5.74, 6) is 0.270. The summed E-state index contributed by atoms with van der Waals surface area (Å²) in [6.07, 6.45) is 2.08. The highest BCUT2D eigenvalue weighted by Gasteiger charge is 2.19. The van der Waals surface area contributed by atoms with Gasteiger partial charge in [-0.3, -0.25) is 4.79 Å². The number of anilines is 1. The van der Waals surface area contributed by atoms with Crippen molar-refractivity contribution in [2.24, 2.45) is 0 Å².